The van der Waals surface area contributed by atoms with Crippen molar-refractivity contribution in [2.45, 2.75) is 25.9 Å². The summed E-state index contributed by atoms with van der Waals surface area (Å²) < 4.78 is 16.7. The molecule has 0 saturated heterocycles. The summed E-state index contributed by atoms with van der Waals surface area (Å²) in [6.07, 6.45) is 2.49. The molecule has 0 unspecified atom stereocenters. The zero-order chi connectivity index (χ0) is 18.3. The van der Waals surface area contributed by atoms with Crippen LogP contribution in [0.3, 0.4) is 0 Å². The van der Waals surface area contributed by atoms with Gasteiger partial charge in [0.2, 0.25) is 5.90 Å². The van der Waals surface area contributed by atoms with Crippen LogP contribution in [0.2, 0.25) is 0 Å². The van der Waals surface area contributed by atoms with Crippen LogP contribution in [0.25, 0.3) is 6.08 Å². The van der Waals surface area contributed by atoms with Crippen molar-refractivity contribution < 1.29 is 19.0 Å². The molecule has 0 spiro atoms. The van der Waals surface area contributed by atoms with Gasteiger partial charge in [0.1, 0.15) is 5.60 Å². The molecule has 0 radical (unpaired) electrons. The molecule has 26 heavy (non-hydrogen) atoms. The van der Waals surface area contributed by atoms with E-state index in [0.717, 1.165) is 28.9 Å². The average Bonchev–Trinajstić information content (AvgIpc) is 3.13. The third-order valence-corrected chi connectivity index (χ3v) is 4.31. The van der Waals surface area contributed by atoms with Crippen LogP contribution in [0, 0.1) is 0 Å². The van der Waals surface area contributed by atoms with Gasteiger partial charge in [-0.15, -0.1) is 0 Å². The number of fused-ring (bicyclic) bond motifs is 1. The number of carbonyl (C=O) groups is 1. The number of benzene rings is 2. The molecule has 0 amide bonds. The molecule has 2 heterocycles. The summed E-state index contributed by atoms with van der Waals surface area (Å²) in [6, 6.07) is 13.2. The molecule has 4 rings (SSSR count). The number of hydrogen-bond donors (Lipinski definition) is 0. The van der Waals surface area contributed by atoms with Crippen molar-refractivity contribution in [3.63, 3.8) is 0 Å². The van der Waals surface area contributed by atoms with Gasteiger partial charge in [-0.1, -0.05) is 18.2 Å². The smallest absolute Gasteiger partial charge is 0.363 e. The molecule has 2 aliphatic rings. The highest BCUT2D eigenvalue weighted by molar-refractivity contribution is 6.12. The van der Waals surface area contributed by atoms with E-state index in [4.69, 9.17) is 14.2 Å². The number of aliphatic imine (C=N–C) groups is 1. The Morgan fingerprint density at radius 3 is 2.69 bits per heavy atom. The molecule has 2 aliphatic heterocycles. The predicted octanol–water partition coefficient (Wildman–Crippen LogP) is 3.75. The Balaban J connectivity index is 1.71. The van der Waals surface area contributed by atoms with Crippen LogP contribution in [0.1, 0.15) is 30.5 Å². The molecule has 0 aliphatic carbocycles. The fourth-order valence-corrected chi connectivity index (χ4v) is 3.21. The Hall–Kier alpha value is -3.08. The highest BCUT2D eigenvalue weighted by Crippen LogP contribution is 2.43. The number of ether oxygens (including phenoxy) is 3. The summed E-state index contributed by atoms with van der Waals surface area (Å²) in [5.41, 5.74) is 2.65. The van der Waals surface area contributed by atoms with Gasteiger partial charge in [-0.2, -0.15) is 0 Å². The second-order valence-corrected chi connectivity index (χ2v) is 6.95. The molecule has 0 fully saturated rings. The standard InChI is InChI=1S/C21H19NO4/c1-21(2)12-15-9-13(11-17(24-3)18(15)26-21)10-16-20(23)25-19(22-16)14-7-5-4-6-8-14/h4-11H,12H2,1-3H3/b16-10+. The maximum atomic E-state index is 12.2. The third-order valence-electron chi connectivity index (χ3n) is 4.31. The minimum absolute atomic E-state index is 0.268. The van der Waals surface area contributed by atoms with Crippen molar-refractivity contribution in [2.75, 3.05) is 7.11 Å². The molecule has 5 nitrogen and oxygen atoms in total. The van der Waals surface area contributed by atoms with E-state index in [1.165, 1.54) is 0 Å². The quantitative estimate of drug-likeness (QED) is 0.625. The van der Waals surface area contributed by atoms with E-state index in [2.05, 4.69) is 4.99 Å². The first kappa shape index (κ1) is 16.4. The van der Waals surface area contributed by atoms with Gasteiger partial charge < -0.3 is 14.2 Å². The second-order valence-electron chi connectivity index (χ2n) is 6.95. The number of carbonyl (C=O) groups excluding carboxylic acids is 1. The molecule has 0 N–H and O–H groups in total. The number of rotatable bonds is 3. The highest BCUT2D eigenvalue weighted by Gasteiger charge is 2.33. The van der Waals surface area contributed by atoms with E-state index >= 15 is 0 Å². The van der Waals surface area contributed by atoms with Crippen LogP contribution in [-0.4, -0.2) is 24.6 Å². The van der Waals surface area contributed by atoms with Crippen molar-refractivity contribution in [3.8, 4) is 11.5 Å². The van der Waals surface area contributed by atoms with Gasteiger partial charge in [-0.3, -0.25) is 0 Å². The van der Waals surface area contributed by atoms with Crippen LogP contribution in [0.5, 0.6) is 11.5 Å². The van der Waals surface area contributed by atoms with Crippen LogP contribution < -0.4 is 9.47 Å². The summed E-state index contributed by atoms with van der Waals surface area (Å²) in [6.45, 7) is 4.07. The number of nitrogens with zero attached hydrogens (tertiary/aromatic N) is 1. The van der Waals surface area contributed by atoms with Crippen molar-refractivity contribution >= 4 is 17.9 Å². The van der Waals surface area contributed by atoms with Gasteiger partial charge in [0.25, 0.3) is 0 Å². The Bertz CT molecular complexity index is 942. The normalized spacial score (nSPS) is 19.0. The first-order valence-corrected chi connectivity index (χ1v) is 8.43. The van der Waals surface area contributed by atoms with Gasteiger partial charge in [0, 0.05) is 17.5 Å². The largest absolute Gasteiger partial charge is 0.493 e. The molecule has 0 bridgehead atoms. The Kier molecular flexibility index (Phi) is 3.80. The van der Waals surface area contributed by atoms with Gasteiger partial charge in [0.15, 0.2) is 17.2 Å². The summed E-state index contributed by atoms with van der Waals surface area (Å²) in [7, 11) is 1.61. The Morgan fingerprint density at radius 2 is 1.96 bits per heavy atom. The zero-order valence-electron chi connectivity index (χ0n) is 14.9. The third kappa shape index (κ3) is 2.96. The molecule has 2 aromatic carbocycles. The van der Waals surface area contributed by atoms with Gasteiger partial charge in [-0.05, 0) is 49.8 Å². The van der Waals surface area contributed by atoms with E-state index in [0.29, 0.717) is 11.6 Å². The van der Waals surface area contributed by atoms with E-state index in [9.17, 15) is 4.79 Å². The maximum absolute atomic E-state index is 12.2. The number of hydrogen-bond acceptors (Lipinski definition) is 5. The number of cyclic esters (lactones) is 1. The fourth-order valence-electron chi connectivity index (χ4n) is 3.21. The molecule has 0 saturated carbocycles. The molecule has 132 valence electrons. The predicted molar refractivity (Wildman–Crippen MR) is 98.5 cm³/mol. The van der Waals surface area contributed by atoms with Gasteiger partial charge in [0.05, 0.1) is 7.11 Å². The fraction of sp³-hybridized carbons (Fsp3) is 0.238. The van der Waals surface area contributed by atoms with Gasteiger partial charge in [-0.25, -0.2) is 9.79 Å². The Morgan fingerprint density at radius 1 is 1.19 bits per heavy atom. The molecule has 0 atom stereocenters. The second kappa shape index (κ2) is 6.02. The first-order chi connectivity index (χ1) is 12.4. The van der Waals surface area contributed by atoms with Crippen molar-refractivity contribution in [1.82, 2.24) is 0 Å². The molecular formula is C21H19NO4. The summed E-state index contributed by atoms with van der Waals surface area (Å²) in [5, 5.41) is 0. The number of esters is 1. The lowest BCUT2D eigenvalue weighted by atomic mass is 9.99. The lowest BCUT2D eigenvalue weighted by Crippen LogP contribution is -2.24. The molecule has 5 heteroatoms. The molecule has 0 aromatic heterocycles. The van der Waals surface area contributed by atoms with E-state index in [1.807, 2.05) is 56.3 Å². The Labute approximate surface area is 151 Å². The van der Waals surface area contributed by atoms with Crippen molar-refractivity contribution in [2.24, 2.45) is 4.99 Å². The lowest BCUT2D eigenvalue weighted by molar-refractivity contribution is -0.129. The minimum atomic E-state index is -0.458. The van der Waals surface area contributed by atoms with Crippen molar-refractivity contribution in [1.29, 1.82) is 0 Å². The first-order valence-electron chi connectivity index (χ1n) is 8.43. The van der Waals surface area contributed by atoms with Crippen LogP contribution in [0.4, 0.5) is 0 Å². The minimum Gasteiger partial charge on any atom is -0.493 e. The number of methoxy groups -OCH3 is 1. The highest BCUT2D eigenvalue weighted by atomic mass is 16.6. The van der Waals surface area contributed by atoms with E-state index < -0.39 is 5.97 Å². The lowest BCUT2D eigenvalue weighted by Gasteiger charge is -2.17. The van der Waals surface area contributed by atoms with Crippen LogP contribution >= 0.6 is 0 Å². The SMILES string of the molecule is COc1cc(/C=C2/N=C(c3ccccc3)OC2=O)cc2c1OC(C)(C)C2. The van der Waals surface area contributed by atoms with Gasteiger partial charge >= 0.3 is 5.97 Å². The topological polar surface area (TPSA) is 57.1 Å². The van der Waals surface area contributed by atoms with E-state index in [1.54, 1.807) is 13.2 Å². The maximum Gasteiger partial charge on any atom is 0.363 e. The van der Waals surface area contributed by atoms with Crippen LogP contribution in [0.15, 0.2) is 53.2 Å². The summed E-state index contributed by atoms with van der Waals surface area (Å²) in [4.78, 5) is 16.5. The van der Waals surface area contributed by atoms with Crippen LogP contribution in [-0.2, 0) is 16.0 Å². The zero-order valence-corrected chi connectivity index (χ0v) is 14.9. The average molecular weight is 349 g/mol. The molecule has 2 aromatic rings. The van der Waals surface area contributed by atoms with Crippen molar-refractivity contribution in [3.05, 3.63) is 64.9 Å². The summed E-state index contributed by atoms with van der Waals surface area (Å²) >= 11 is 0. The van der Waals surface area contributed by atoms with E-state index in [-0.39, 0.29) is 11.3 Å². The molecular weight excluding hydrogens is 330 g/mol. The summed E-state index contributed by atoms with van der Waals surface area (Å²) in [5.74, 6) is 1.28. The monoisotopic (exact) mass is 349 g/mol.